The molecule has 26 heavy (non-hydrogen) atoms. The second-order valence-corrected chi connectivity index (χ2v) is 7.01. The third-order valence-electron chi connectivity index (χ3n) is 4.00. The zero-order valence-electron chi connectivity index (χ0n) is 15.5. The Kier molecular flexibility index (Phi) is 5.62. The van der Waals surface area contributed by atoms with Crippen LogP contribution in [0.5, 0.6) is 0 Å². The van der Waals surface area contributed by atoms with E-state index < -0.39 is 0 Å². The van der Waals surface area contributed by atoms with Crippen LogP contribution < -0.4 is 5.32 Å². The van der Waals surface area contributed by atoms with Crippen LogP contribution in [0, 0.1) is 13.8 Å². The van der Waals surface area contributed by atoms with E-state index >= 15 is 0 Å². The van der Waals surface area contributed by atoms with Gasteiger partial charge in [0.2, 0.25) is 0 Å². The van der Waals surface area contributed by atoms with Crippen LogP contribution in [0.1, 0.15) is 22.1 Å². The van der Waals surface area contributed by atoms with Gasteiger partial charge in [-0.1, -0.05) is 6.07 Å². The first-order valence-electron chi connectivity index (χ1n) is 8.35. The summed E-state index contributed by atoms with van der Waals surface area (Å²) >= 11 is 1.66. The van der Waals surface area contributed by atoms with Crippen LogP contribution in [-0.2, 0) is 13.1 Å². The number of guanidine groups is 1. The van der Waals surface area contributed by atoms with E-state index in [9.17, 15) is 0 Å². The van der Waals surface area contributed by atoms with Gasteiger partial charge >= 0.3 is 0 Å². The van der Waals surface area contributed by atoms with Crippen LogP contribution in [-0.4, -0.2) is 44.5 Å². The molecule has 0 atom stereocenters. The van der Waals surface area contributed by atoms with Crippen LogP contribution in [0.15, 0.2) is 41.1 Å². The van der Waals surface area contributed by atoms with Gasteiger partial charge in [-0.05, 0) is 19.9 Å². The van der Waals surface area contributed by atoms with E-state index in [2.05, 4.69) is 41.6 Å². The van der Waals surface area contributed by atoms with Gasteiger partial charge in [-0.3, -0.25) is 9.56 Å². The quantitative estimate of drug-likeness (QED) is 0.553. The fourth-order valence-corrected chi connectivity index (χ4v) is 3.35. The van der Waals surface area contributed by atoms with Crippen molar-refractivity contribution in [1.82, 2.24) is 29.7 Å². The number of pyridine rings is 1. The van der Waals surface area contributed by atoms with Gasteiger partial charge in [0, 0.05) is 50.2 Å². The van der Waals surface area contributed by atoms with Crippen molar-refractivity contribution < 1.29 is 0 Å². The molecule has 0 aliphatic heterocycles. The molecule has 0 spiro atoms. The number of aryl methyl sites for hydroxylation is 2. The van der Waals surface area contributed by atoms with Gasteiger partial charge in [0.15, 0.2) is 5.96 Å². The second-order valence-electron chi connectivity index (χ2n) is 5.95. The maximum atomic E-state index is 4.52. The summed E-state index contributed by atoms with van der Waals surface area (Å²) in [4.78, 5) is 19.8. The van der Waals surface area contributed by atoms with E-state index in [4.69, 9.17) is 0 Å². The highest BCUT2D eigenvalue weighted by Gasteiger charge is 2.12. The Bertz CT molecular complexity index is 896. The molecule has 0 unspecified atom stereocenters. The van der Waals surface area contributed by atoms with Crippen LogP contribution >= 0.6 is 11.3 Å². The highest BCUT2D eigenvalue weighted by atomic mass is 32.1. The summed E-state index contributed by atoms with van der Waals surface area (Å²) in [5.74, 6) is 2.60. The van der Waals surface area contributed by atoms with Gasteiger partial charge in [-0.25, -0.2) is 15.0 Å². The molecular formula is C18H23N7S. The number of hydrogen-bond donors (Lipinski definition) is 1. The first kappa shape index (κ1) is 18.1. The average molecular weight is 369 g/mol. The summed E-state index contributed by atoms with van der Waals surface area (Å²) in [5.41, 5.74) is 2.13. The molecule has 136 valence electrons. The van der Waals surface area contributed by atoms with E-state index in [0.29, 0.717) is 13.1 Å². The lowest BCUT2D eigenvalue weighted by Crippen LogP contribution is -2.38. The number of thiazole rings is 1. The summed E-state index contributed by atoms with van der Waals surface area (Å²) in [7, 11) is 3.80. The first-order chi connectivity index (χ1) is 12.6. The zero-order chi connectivity index (χ0) is 18.5. The number of rotatable bonds is 5. The second kappa shape index (κ2) is 8.09. The Morgan fingerprint density at radius 2 is 2.15 bits per heavy atom. The molecule has 3 aromatic heterocycles. The van der Waals surface area contributed by atoms with E-state index in [1.54, 1.807) is 30.8 Å². The minimum atomic E-state index is 0.619. The molecule has 3 heterocycles. The fraction of sp³-hybridized carbons (Fsp3) is 0.333. The van der Waals surface area contributed by atoms with Crippen molar-refractivity contribution in [2.45, 2.75) is 26.9 Å². The molecule has 0 aromatic carbocycles. The maximum absolute atomic E-state index is 4.52. The summed E-state index contributed by atoms with van der Waals surface area (Å²) in [6.07, 6.45) is 5.50. The highest BCUT2D eigenvalue weighted by molar-refractivity contribution is 7.09. The van der Waals surface area contributed by atoms with Crippen LogP contribution in [0.3, 0.4) is 0 Å². The van der Waals surface area contributed by atoms with Gasteiger partial charge in [-0.2, -0.15) is 0 Å². The molecule has 0 radical (unpaired) electrons. The van der Waals surface area contributed by atoms with Crippen molar-refractivity contribution in [1.29, 1.82) is 0 Å². The van der Waals surface area contributed by atoms with Crippen molar-refractivity contribution in [2.75, 3.05) is 14.1 Å². The number of nitrogens with zero attached hydrogens (tertiary/aromatic N) is 6. The Hall–Kier alpha value is -2.74. The molecule has 3 aromatic rings. The topological polar surface area (TPSA) is 71.2 Å². The highest BCUT2D eigenvalue weighted by Crippen LogP contribution is 2.14. The normalized spacial score (nSPS) is 11.6. The standard InChI is InChI=1S/C18H23N7S/c1-13-20-8-9-25(13)17-15(6-5-7-21-17)10-22-18(19-3)24(4)11-16-12-26-14(2)23-16/h5-9,12H,10-11H2,1-4H3,(H,19,22). The molecule has 0 saturated heterocycles. The zero-order valence-corrected chi connectivity index (χ0v) is 16.3. The van der Waals surface area contributed by atoms with Gasteiger partial charge in [0.05, 0.1) is 17.2 Å². The predicted octanol–water partition coefficient (Wildman–Crippen LogP) is 2.55. The summed E-state index contributed by atoms with van der Waals surface area (Å²) in [5, 5.41) is 6.57. The van der Waals surface area contributed by atoms with Crippen molar-refractivity contribution in [3.63, 3.8) is 0 Å². The van der Waals surface area contributed by atoms with Crippen molar-refractivity contribution in [2.24, 2.45) is 4.99 Å². The third-order valence-corrected chi connectivity index (χ3v) is 4.82. The summed E-state index contributed by atoms with van der Waals surface area (Å²) in [6.45, 7) is 5.32. The molecule has 0 amide bonds. The molecule has 3 rings (SSSR count). The van der Waals surface area contributed by atoms with Crippen LogP contribution in [0.4, 0.5) is 0 Å². The van der Waals surface area contributed by atoms with Gasteiger partial charge in [0.1, 0.15) is 11.6 Å². The molecule has 8 heteroatoms. The Morgan fingerprint density at radius 3 is 2.81 bits per heavy atom. The molecule has 0 bridgehead atoms. The molecule has 0 saturated carbocycles. The van der Waals surface area contributed by atoms with E-state index in [1.165, 1.54) is 0 Å². The summed E-state index contributed by atoms with van der Waals surface area (Å²) < 4.78 is 1.99. The van der Waals surface area contributed by atoms with Crippen molar-refractivity contribution in [3.05, 3.63) is 58.2 Å². The van der Waals surface area contributed by atoms with Crippen molar-refractivity contribution in [3.8, 4) is 5.82 Å². The molecule has 7 nitrogen and oxygen atoms in total. The third kappa shape index (κ3) is 4.08. The predicted molar refractivity (Wildman–Crippen MR) is 105 cm³/mol. The Morgan fingerprint density at radius 1 is 1.31 bits per heavy atom. The van der Waals surface area contributed by atoms with Gasteiger partial charge in [0.25, 0.3) is 0 Å². The number of aromatic nitrogens is 4. The molecular weight excluding hydrogens is 346 g/mol. The van der Waals surface area contributed by atoms with Crippen molar-refractivity contribution >= 4 is 17.3 Å². The Balaban J connectivity index is 1.70. The monoisotopic (exact) mass is 369 g/mol. The number of imidazole rings is 1. The van der Waals surface area contributed by atoms with Crippen LogP contribution in [0.25, 0.3) is 5.82 Å². The molecule has 1 N–H and O–H groups in total. The SMILES string of the molecule is CN=C(NCc1cccnc1-n1ccnc1C)N(C)Cc1csc(C)n1. The first-order valence-corrected chi connectivity index (χ1v) is 9.23. The number of nitrogens with one attached hydrogen (secondary N) is 1. The maximum Gasteiger partial charge on any atom is 0.194 e. The van der Waals surface area contributed by atoms with E-state index in [1.807, 2.05) is 37.7 Å². The minimum absolute atomic E-state index is 0.619. The van der Waals surface area contributed by atoms with E-state index in [0.717, 1.165) is 33.9 Å². The molecule has 0 aliphatic rings. The lowest BCUT2D eigenvalue weighted by Gasteiger charge is -2.21. The molecule has 0 fully saturated rings. The smallest absolute Gasteiger partial charge is 0.194 e. The van der Waals surface area contributed by atoms with Gasteiger partial charge in [-0.15, -0.1) is 11.3 Å². The summed E-state index contributed by atoms with van der Waals surface area (Å²) in [6, 6.07) is 4.00. The molecule has 0 aliphatic carbocycles. The largest absolute Gasteiger partial charge is 0.352 e. The van der Waals surface area contributed by atoms with Gasteiger partial charge < -0.3 is 10.2 Å². The van der Waals surface area contributed by atoms with E-state index in [-0.39, 0.29) is 0 Å². The lowest BCUT2D eigenvalue weighted by molar-refractivity contribution is 0.470. The minimum Gasteiger partial charge on any atom is -0.352 e. The number of aliphatic imine (C=N–C) groups is 1. The lowest BCUT2D eigenvalue weighted by atomic mass is 10.2. The van der Waals surface area contributed by atoms with Crippen LogP contribution in [0.2, 0.25) is 0 Å². The Labute approximate surface area is 157 Å². The fourth-order valence-electron chi connectivity index (χ4n) is 2.74. The number of hydrogen-bond acceptors (Lipinski definition) is 5. The average Bonchev–Trinajstić information content (AvgIpc) is 3.24.